The second-order valence-electron chi connectivity index (χ2n) is 11.8. The number of fused-ring (bicyclic) bond motifs is 4. The molecule has 2 fully saturated rings. The number of hydrogen-bond acceptors (Lipinski definition) is 6. The number of carbonyl (C=O) groups is 4. The average Bonchev–Trinajstić information content (AvgIpc) is 3.20. The SMILES string of the molecule is COc1cc([C@H]2C3=CC[C@@H]4C(=O)N(Cc5ccccc5)C(=O)[C@@H]4[C@@H]3C[C@H]3C(=O)C(C)=C(C)C(=O)[C@@]23C)ccc1O. The molecule has 2 aromatic rings. The Balaban J connectivity index is 1.48. The first-order valence-electron chi connectivity index (χ1n) is 13.8. The van der Waals surface area contributed by atoms with Crippen molar-refractivity contribution in [2.75, 3.05) is 7.11 Å². The van der Waals surface area contributed by atoms with Crippen molar-refractivity contribution in [3.63, 3.8) is 0 Å². The molecule has 7 nitrogen and oxygen atoms in total. The number of rotatable bonds is 4. The van der Waals surface area contributed by atoms with Gasteiger partial charge in [-0.1, -0.05) is 55.0 Å². The molecule has 7 heteroatoms. The summed E-state index contributed by atoms with van der Waals surface area (Å²) in [6.45, 7) is 5.49. The molecule has 1 N–H and O–H groups in total. The minimum atomic E-state index is -1.08. The lowest BCUT2D eigenvalue weighted by molar-refractivity contribution is -0.143. The number of phenols is 1. The van der Waals surface area contributed by atoms with Crippen molar-refractivity contribution < 1.29 is 29.0 Å². The number of carbonyl (C=O) groups excluding carboxylic acids is 4. The van der Waals surface area contributed by atoms with Crippen LogP contribution in [0.5, 0.6) is 11.5 Å². The van der Waals surface area contributed by atoms with Gasteiger partial charge in [-0.2, -0.15) is 0 Å². The Bertz CT molecular complexity index is 1520. The summed E-state index contributed by atoms with van der Waals surface area (Å²) in [5.41, 5.74) is 2.40. The minimum absolute atomic E-state index is 0.0240. The predicted octanol–water partition coefficient (Wildman–Crippen LogP) is 4.75. The average molecular weight is 540 g/mol. The van der Waals surface area contributed by atoms with Crippen LogP contribution in [0.2, 0.25) is 0 Å². The molecule has 2 amide bonds. The molecule has 206 valence electrons. The first-order valence-corrected chi connectivity index (χ1v) is 13.8. The van der Waals surface area contributed by atoms with E-state index in [0.717, 1.165) is 16.7 Å². The fraction of sp³-hybridized carbons (Fsp3) is 0.394. The van der Waals surface area contributed by atoms with E-state index in [4.69, 9.17) is 4.74 Å². The molecule has 3 aliphatic carbocycles. The van der Waals surface area contributed by atoms with Gasteiger partial charge >= 0.3 is 0 Å². The number of benzene rings is 2. The Morgan fingerprint density at radius 3 is 2.40 bits per heavy atom. The molecule has 1 saturated heterocycles. The van der Waals surface area contributed by atoms with Gasteiger partial charge in [0.25, 0.3) is 0 Å². The quantitative estimate of drug-likeness (QED) is 0.445. The molecule has 6 atom stereocenters. The largest absolute Gasteiger partial charge is 0.504 e. The third kappa shape index (κ3) is 3.56. The Hall–Kier alpha value is -4.00. The molecule has 2 aromatic carbocycles. The Kier molecular flexibility index (Phi) is 6.09. The normalized spacial score (nSPS) is 31.6. The van der Waals surface area contributed by atoms with Crippen molar-refractivity contribution in [2.24, 2.45) is 29.1 Å². The monoisotopic (exact) mass is 539 g/mol. The maximum absolute atomic E-state index is 14.1. The van der Waals surface area contributed by atoms with E-state index in [-0.39, 0.29) is 47.3 Å². The van der Waals surface area contributed by atoms with Crippen LogP contribution in [0.25, 0.3) is 0 Å². The van der Waals surface area contributed by atoms with Crippen molar-refractivity contribution in [1.29, 1.82) is 0 Å². The fourth-order valence-electron chi connectivity index (χ4n) is 7.82. The number of hydrogen-bond donors (Lipinski definition) is 1. The number of ketones is 2. The van der Waals surface area contributed by atoms with Gasteiger partial charge in [0.2, 0.25) is 11.8 Å². The van der Waals surface area contributed by atoms with Gasteiger partial charge in [0.15, 0.2) is 23.1 Å². The van der Waals surface area contributed by atoms with E-state index in [9.17, 15) is 24.3 Å². The molecule has 6 rings (SSSR count). The lowest BCUT2D eigenvalue weighted by Gasteiger charge is -2.54. The van der Waals surface area contributed by atoms with Crippen molar-refractivity contribution in [3.05, 3.63) is 82.5 Å². The predicted molar refractivity (Wildman–Crippen MR) is 147 cm³/mol. The summed E-state index contributed by atoms with van der Waals surface area (Å²) in [4.78, 5) is 56.8. The van der Waals surface area contributed by atoms with Gasteiger partial charge in [-0.05, 0) is 67.0 Å². The maximum Gasteiger partial charge on any atom is 0.234 e. The Morgan fingerprint density at radius 2 is 1.70 bits per heavy atom. The van der Waals surface area contributed by atoms with Crippen molar-refractivity contribution in [1.82, 2.24) is 4.90 Å². The zero-order valence-corrected chi connectivity index (χ0v) is 23.1. The number of likely N-dealkylation sites (tertiary alicyclic amines) is 1. The van der Waals surface area contributed by atoms with Crippen LogP contribution in [-0.4, -0.2) is 40.5 Å². The zero-order valence-electron chi connectivity index (χ0n) is 23.1. The second-order valence-corrected chi connectivity index (χ2v) is 11.8. The fourth-order valence-corrected chi connectivity index (χ4v) is 7.82. The highest BCUT2D eigenvalue weighted by Crippen LogP contribution is 2.63. The summed E-state index contributed by atoms with van der Waals surface area (Å²) < 4.78 is 5.40. The first kappa shape index (κ1) is 26.2. The number of methoxy groups -OCH3 is 1. The number of aromatic hydroxyl groups is 1. The van der Waals surface area contributed by atoms with Gasteiger partial charge in [0, 0.05) is 11.8 Å². The number of amides is 2. The standard InChI is InChI=1S/C33H33NO6/c1-17-18(2)30(37)33(3)24(29(17)36)15-23-21(28(33)20-10-13-25(35)26(14-20)40-4)11-12-22-27(23)32(39)34(31(22)38)16-19-8-6-5-7-9-19/h5-11,13-14,22-24,27-28,35H,12,15-16H2,1-4H3/t22-,23+,24-,27-,28-,33+/m0/s1. The van der Waals surface area contributed by atoms with Crippen molar-refractivity contribution >= 4 is 23.4 Å². The molecule has 0 spiro atoms. The highest BCUT2D eigenvalue weighted by molar-refractivity contribution is 6.16. The minimum Gasteiger partial charge on any atom is -0.504 e. The molecule has 1 aliphatic heterocycles. The van der Waals surface area contributed by atoms with Gasteiger partial charge in [0.1, 0.15) is 0 Å². The molecule has 0 unspecified atom stereocenters. The van der Waals surface area contributed by atoms with Crippen LogP contribution in [0, 0.1) is 29.1 Å². The number of Topliss-reactive ketones (excluding diaryl/α,β-unsaturated/α-hetero) is 2. The molecule has 40 heavy (non-hydrogen) atoms. The molecule has 0 radical (unpaired) electrons. The Morgan fingerprint density at radius 1 is 0.975 bits per heavy atom. The van der Waals surface area contributed by atoms with E-state index >= 15 is 0 Å². The highest BCUT2D eigenvalue weighted by Gasteiger charge is 2.63. The zero-order chi connectivity index (χ0) is 28.5. The van der Waals surface area contributed by atoms with Gasteiger partial charge in [0.05, 0.1) is 30.9 Å². The van der Waals surface area contributed by atoms with Crippen LogP contribution in [0.4, 0.5) is 0 Å². The van der Waals surface area contributed by atoms with Crippen LogP contribution in [0.3, 0.4) is 0 Å². The van der Waals surface area contributed by atoms with Crippen molar-refractivity contribution in [3.8, 4) is 11.5 Å². The van der Waals surface area contributed by atoms with Crippen molar-refractivity contribution in [2.45, 2.75) is 46.1 Å². The van der Waals surface area contributed by atoms with Gasteiger partial charge in [-0.15, -0.1) is 0 Å². The summed E-state index contributed by atoms with van der Waals surface area (Å²) in [6.07, 6.45) is 2.77. The smallest absolute Gasteiger partial charge is 0.234 e. The van der Waals surface area contributed by atoms with Gasteiger partial charge in [-0.3, -0.25) is 24.1 Å². The van der Waals surface area contributed by atoms with E-state index in [1.54, 1.807) is 26.0 Å². The van der Waals surface area contributed by atoms with Crippen LogP contribution in [-0.2, 0) is 25.7 Å². The van der Waals surface area contributed by atoms with E-state index in [1.807, 2.05) is 43.3 Å². The lowest BCUT2D eigenvalue weighted by atomic mass is 9.46. The molecule has 1 saturated carbocycles. The van der Waals surface area contributed by atoms with Crippen LogP contribution in [0.15, 0.2) is 71.3 Å². The third-order valence-corrected chi connectivity index (χ3v) is 9.98. The second kappa shape index (κ2) is 9.29. The van der Waals surface area contributed by atoms with E-state index in [0.29, 0.717) is 24.0 Å². The number of phenolic OH excluding ortho intramolecular Hbond substituents is 1. The summed E-state index contributed by atoms with van der Waals surface area (Å²) >= 11 is 0. The summed E-state index contributed by atoms with van der Waals surface area (Å²) in [6, 6.07) is 14.5. The van der Waals surface area contributed by atoms with Gasteiger partial charge in [-0.25, -0.2) is 0 Å². The highest BCUT2D eigenvalue weighted by atomic mass is 16.5. The molecule has 1 heterocycles. The maximum atomic E-state index is 14.1. The summed E-state index contributed by atoms with van der Waals surface area (Å²) in [7, 11) is 1.47. The van der Waals surface area contributed by atoms with Crippen LogP contribution >= 0.6 is 0 Å². The molecule has 0 bridgehead atoms. The van der Waals surface area contributed by atoms with E-state index in [1.165, 1.54) is 18.1 Å². The van der Waals surface area contributed by atoms with Crippen LogP contribution < -0.4 is 4.74 Å². The number of imide groups is 1. The third-order valence-electron chi connectivity index (χ3n) is 9.98. The number of ether oxygens (including phenoxy) is 1. The van der Waals surface area contributed by atoms with Gasteiger partial charge < -0.3 is 9.84 Å². The molecule has 4 aliphatic rings. The lowest BCUT2D eigenvalue weighted by Crippen LogP contribution is -2.55. The first-order chi connectivity index (χ1) is 19.1. The number of nitrogens with zero attached hydrogens (tertiary/aromatic N) is 1. The topological polar surface area (TPSA) is 101 Å². The Labute approximate surface area is 233 Å². The summed E-state index contributed by atoms with van der Waals surface area (Å²) in [5.74, 6) is -2.88. The van der Waals surface area contributed by atoms with E-state index < -0.39 is 29.1 Å². The molecular formula is C33H33NO6. The summed E-state index contributed by atoms with van der Waals surface area (Å²) in [5, 5.41) is 10.3. The molecular weight excluding hydrogens is 506 g/mol. The molecule has 0 aromatic heterocycles. The van der Waals surface area contributed by atoms with E-state index in [2.05, 4.69) is 0 Å². The van der Waals surface area contributed by atoms with Crippen LogP contribution in [0.1, 0.15) is 50.7 Å². The number of allylic oxidation sites excluding steroid dienone is 4.